The van der Waals surface area contributed by atoms with E-state index in [1.54, 1.807) is 0 Å². The highest BCUT2D eigenvalue weighted by Gasteiger charge is 2.28. The van der Waals surface area contributed by atoms with Crippen LogP contribution >= 0.6 is 0 Å². The van der Waals surface area contributed by atoms with Crippen molar-refractivity contribution < 1.29 is 4.79 Å². The summed E-state index contributed by atoms with van der Waals surface area (Å²) < 4.78 is 0. The second-order valence-corrected chi connectivity index (χ2v) is 6.25. The molecule has 0 radical (unpaired) electrons. The molecule has 2 aliphatic rings. The van der Waals surface area contributed by atoms with Gasteiger partial charge >= 0.3 is 0 Å². The lowest BCUT2D eigenvalue weighted by Gasteiger charge is -2.28. The smallest absolute Gasteiger partial charge is 0.237 e. The molecule has 1 fully saturated rings. The molecule has 108 valence electrons. The first-order chi connectivity index (χ1) is 9.74. The van der Waals surface area contributed by atoms with E-state index in [4.69, 9.17) is 0 Å². The second-order valence-electron chi connectivity index (χ2n) is 6.25. The Bertz CT molecular complexity index is 480. The number of hydrogen-bond acceptors (Lipinski definition) is 2. The SMILES string of the molecule is C[C@@H](NC(=O)C1Cc2ccccc2CN1)C1CCCC1. The first kappa shape index (κ1) is 13.6. The van der Waals surface area contributed by atoms with E-state index in [0.717, 1.165) is 13.0 Å². The third-order valence-corrected chi connectivity index (χ3v) is 4.87. The molecule has 1 amide bonds. The number of rotatable bonds is 3. The van der Waals surface area contributed by atoms with Gasteiger partial charge in [-0.25, -0.2) is 0 Å². The van der Waals surface area contributed by atoms with Crippen LogP contribution < -0.4 is 10.6 Å². The number of carbonyl (C=O) groups is 1. The average molecular weight is 272 g/mol. The largest absolute Gasteiger partial charge is 0.352 e. The molecule has 3 rings (SSSR count). The van der Waals surface area contributed by atoms with Crippen molar-refractivity contribution >= 4 is 5.91 Å². The van der Waals surface area contributed by atoms with Gasteiger partial charge in [0.25, 0.3) is 0 Å². The van der Waals surface area contributed by atoms with E-state index in [9.17, 15) is 4.79 Å². The Kier molecular flexibility index (Phi) is 4.06. The molecular weight excluding hydrogens is 248 g/mol. The first-order valence-corrected chi connectivity index (χ1v) is 7.84. The number of carbonyl (C=O) groups excluding carboxylic acids is 1. The minimum absolute atomic E-state index is 0.0752. The molecule has 20 heavy (non-hydrogen) atoms. The zero-order valence-electron chi connectivity index (χ0n) is 12.2. The third kappa shape index (κ3) is 2.88. The molecule has 1 unspecified atom stereocenters. The lowest BCUT2D eigenvalue weighted by Crippen LogP contribution is -2.51. The maximum Gasteiger partial charge on any atom is 0.237 e. The van der Waals surface area contributed by atoms with Crippen molar-refractivity contribution in [2.24, 2.45) is 5.92 Å². The van der Waals surface area contributed by atoms with Crippen molar-refractivity contribution in [1.82, 2.24) is 10.6 Å². The van der Waals surface area contributed by atoms with Crippen LogP contribution in [0.2, 0.25) is 0 Å². The van der Waals surface area contributed by atoms with Gasteiger partial charge in [0.05, 0.1) is 6.04 Å². The molecule has 1 aliphatic carbocycles. The van der Waals surface area contributed by atoms with Gasteiger partial charge < -0.3 is 10.6 Å². The Labute approximate surface area is 121 Å². The Hall–Kier alpha value is -1.35. The minimum Gasteiger partial charge on any atom is -0.352 e. The van der Waals surface area contributed by atoms with E-state index < -0.39 is 0 Å². The van der Waals surface area contributed by atoms with Gasteiger partial charge in [-0.2, -0.15) is 0 Å². The lowest BCUT2D eigenvalue weighted by molar-refractivity contribution is -0.124. The summed E-state index contributed by atoms with van der Waals surface area (Å²) in [7, 11) is 0. The number of benzene rings is 1. The number of hydrogen-bond donors (Lipinski definition) is 2. The van der Waals surface area contributed by atoms with Gasteiger partial charge in [0.15, 0.2) is 0 Å². The summed E-state index contributed by atoms with van der Waals surface area (Å²) in [5.74, 6) is 0.841. The maximum atomic E-state index is 12.4. The molecule has 0 saturated heterocycles. The van der Waals surface area contributed by atoms with E-state index in [1.807, 2.05) is 0 Å². The number of amides is 1. The Morgan fingerprint density at radius 1 is 1.25 bits per heavy atom. The van der Waals surface area contributed by atoms with Crippen LogP contribution in [-0.2, 0) is 17.8 Å². The van der Waals surface area contributed by atoms with E-state index in [2.05, 4.69) is 41.8 Å². The Balaban J connectivity index is 1.58. The van der Waals surface area contributed by atoms with Gasteiger partial charge in [-0.3, -0.25) is 4.79 Å². The van der Waals surface area contributed by atoms with E-state index in [1.165, 1.54) is 36.8 Å². The van der Waals surface area contributed by atoms with Gasteiger partial charge in [0, 0.05) is 12.6 Å². The summed E-state index contributed by atoms with van der Waals surface area (Å²) >= 11 is 0. The van der Waals surface area contributed by atoms with Gasteiger partial charge in [-0.05, 0) is 43.2 Å². The lowest BCUT2D eigenvalue weighted by atomic mass is 9.94. The van der Waals surface area contributed by atoms with Gasteiger partial charge in [-0.1, -0.05) is 37.1 Å². The summed E-state index contributed by atoms with van der Waals surface area (Å²) in [4.78, 5) is 12.4. The van der Waals surface area contributed by atoms with Crippen molar-refractivity contribution in [2.75, 3.05) is 0 Å². The van der Waals surface area contributed by atoms with E-state index in [0.29, 0.717) is 12.0 Å². The van der Waals surface area contributed by atoms with Crippen molar-refractivity contribution in [3.8, 4) is 0 Å². The highest BCUT2D eigenvalue weighted by atomic mass is 16.2. The van der Waals surface area contributed by atoms with Crippen LogP contribution in [0.25, 0.3) is 0 Å². The fraction of sp³-hybridized carbons (Fsp3) is 0.588. The van der Waals surface area contributed by atoms with Crippen LogP contribution in [0.15, 0.2) is 24.3 Å². The Morgan fingerprint density at radius 3 is 2.70 bits per heavy atom. The Morgan fingerprint density at radius 2 is 1.95 bits per heavy atom. The van der Waals surface area contributed by atoms with E-state index in [-0.39, 0.29) is 11.9 Å². The summed E-state index contributed by atoms with van der Waals surface area (Å²) in [5, 5.41) is 6.58. The van der Waals surface area contributed by atoms with Crippen LogP contribution in [0.1, 0.15) is 43.7 Å². The predicted octanol–water partition coefficient (Wildman–Crippen LogP) is 2.40. The first-order valence-electron chi connectivity index (χ1n) is 7.84. The minimum atomic E-state index is -0.0752. The normalized spacial score (nSPS) is 24.1. The van der Waals surface area contributed by atoms with Gasteiger partial charge in [0.1, 0.15) is 0 Å². The monoisotopic (exact) mass is 272 g/mol. The topological polar surface area (TPSA) is 41.1 Å². The zero-order chi connectivity index (χ0) is 13.9. The fourth-order valence-electron chi connectivity index (χ4n) is 3.54. The van der Waals surface area contributed by atoms with Crippen LogP contribution in [0.3, 0.4) is 0 Å². The molecule has 0 aromatic heterocycles. The molecule has 1 heterocycles. The predicted molar refractivity (Wildman–Crippen MR) is 80.3 cm³/mol. The molecule has 1 aromatic rings. The third-order valence-electron chi connectivity index (χ3n) is 4.87. The molecule has 1 saturated carbocycles. The number of fused-ring (bicyclic) bond motifs is 1. The van der Waals surface area contributed by atoms with E-state index >= 15 is 0 Å². The van der Waals surface area contributed by atoms with Crippen molar-refractivity contribution in [3.63, 3.8) is 0 Å². The van der Waals surface area contributed by atoms with Gasteiger partial charge in [-0.15, -0.1) is 0 Å². The molecule has 1 aliphatic heterocycles. The number of nitrogens with one attached hydrogen (secondary N) is 2. The molecule has 2 atom stereocenters. The van der Waals surface area contributed by atoms with Crippen molar-refractivity contribution in [2.45, 2.75) is 57.7 Å². The zero-order valence-corrected chi connectivity index (χ0v) is 12.2. The van der Waals surface area contributed by atoms with Gasteiger partial charge in [0.2, 0.25) is 5.91 Å². The highest BCUT2D eigenvalue weighted by molar-refractivity contribution is 5.82. The molecule has 0 bridgehead atoms. The standard InChI is InChI=1S/C17H24N2O/c1-12(13-6-2-3-7-13)19-17(20)16-10-14-8-4-5-9-15(14)11-18-16/h4-5,8-9,12-13,16,18H,2-3,6-7,10-11H2,1H3,(H,19,20)/t12-,16?/m1/s1. The summed E-state index contributed by atoms with van der Waals surface area (Å²) in [6.07, 6.45) is 5.98. The second kappa shape index (κ2) is 5.96. The van der Waals surface area contributed by atoms with Crippen molar-refractivity contribution in [3.05, 3.63) is 35.4 Å². The summed E-state index contributed by atoms with van der Waals surface area (Å²) in [6, 6.07) is 8.62. The maximum absolute atomic E-state index is 12.4. The summed E-state index contributed by atoms with van der Waals surface area (Å²) in [6.45, 7) is 2.96. The quantitative estimate of drug-likeness (QED) is 0.887. The average Bonchev–Trinajstić information content (AvgIpc) is 3.01. The summed E-state index contributed by atoms with van der Waals surface area (Å²) in [5.41, 5.74) is 2.63. The molecule has 0 spiro atoms. The van der Waals surface area contributed by atoms with Crippen LogP contribution in [-0.4, -0.2) is 18.0 Å². The molecule has 1 aromatic carbocycles. The molecule has 2 N–H and O–H groups in total. The van der Waals surface area contributed by atoms with Crippen LogP contribution in [0.4, 0.5) is 0 Å². The fourth-order valence-corrected chi connectivity index (χ4v) is 3.54. The molecule has 3 heteroatoms. The molecule has 3 nitrogen and oxygen atoms in total. The van der Waals surface area contributed by atoms with Crippen LogP contribution in [0.5, 0.6) is 0 Å². The highest BCUT2D eigenvalue weighted by Crippen LogP contribution is 2.27. The van der Waals surface area contributed by atoms with Crippen LogP contribution in [0, 0.1) is 5.92 Å². The molecular formula is C17H24N2O. The van der Waals surface area contributed by atoms with Crippen molar-refractivity contribution in [1.29, 1.82) is 0 Å².